The topological polar surface area (TPSA) is 97.7 Å². The van der Waals surface area contributed by atoms with Gasteiger partial charge in [0.15, 0.2) is 0 Å². The molecule has 1 N–H and O–H groups in total. The molecule has 10 atom stereocenters. The number of aliphatic imine (C=N–C) groups is 1. The third-order valence-electron chi connectivity index (χ3n) is 9.07. The standard InChI is InChI=1S/C26H44N2O6/c1-10-19-26(8)22-16(4)20(27-11-12-28(22)24(31)34-26)14(2)13-25(7,32-9)18(6)15(3)21(29)17(5)23(30)33-19/h14-19,22,24,31H,10-13H2,1-9H3/t14-,15-,16+,17-,18-,19-,22-,24?,25-,26-/m1/s1. The summed E-state index contributed by atoms with van der Waals surface area (Å²) >= 11 is 0. The first-order valence-electron chi connectivity index (χ1n) is 12.8. The first-order chi connectivity index (χ1) is 15.8. The number of aliphatic hydroxyl groups is 1. The summed E-state index contributed by atoms with van der Waals surface area (Å²) in [4.78, 5) is 33.5. The normalized spacial score (nSPS) is 46.9. The first kappa shape index (κ1) is 27.2. The van der Waals surface area contributed by atoms with Crippen LogP contribution in [0.15, 0.2) is 4.99 Å². The zero-order valence-electron chi connectivity index (χ0n) is 22.3. The van der Waals surface area contributed by atoms with Crippen LogP contribution in [0.1, 0.15) is 68.2 Å². The van der Waals surface area contributed by atoms with E-state index in [1.807, 2.05) is 39.5 Å². The quantitative estimate of drug-likeness (QED) is 0.479. The SMILES string of the molecule is CC[C@H]1OC(=O)[C@H](C)C(=O)[C@H](C)[C@@H](C)[C@](C)(OC)C[C@@H](C)C2=NCCN3C(O)O[C@@]1(C)[C@H]3[C@H]2C. The second kappa shape index (κ2) is 9.96. The first-order valence-corrected chi connectivity index (χ1v) is 12.8. The van der Waals surface area contributed by atoms with Crippen molar-refractivity contribution in [2.45, 2.75) is 98.0 Å². The van der Waals surface area contributed by atoms with Gasteiger partial charge in [0.25, 0.3) is 0 Å². The Bertz CT molecular complexity index is 817. The molecule has 3 aliphatic rings. The van der Waals surface area contributed by atoms with E-state index in [4.69, 9.17) is 19.2 Å². The van der Waals surface area contributed by atoms with Crippen LogP contribution in [0.25, 0.3) is 0 Å². The number of esters is 1. The Hall–Kier alpha value is -1.35. The number of Topliss-reactive ketones (excluding diaryl/α,β-unsaturated/α-hetero) is 1. The van der Waals surface area contributed by atoms with Crippen molar-refractivity contribution in [1.29, 1.82) is 0 Å². The van der Waals surface area contributed by atoms with Crippen molar-refractivity contribution in [3.05, 3.63) is 0 Å². The molecule has 2 saturated heterocycles. The molecule has 0 amide bonds. The van der Waals surface area contributed by atoms with Gasteiger partial charge in [-0.2, -0.15) is 0 Å². The van der Waals surface area contributed by atoms with E-state index in [1.54, 1.807) is 14.0 Å². The molecule has 3 aliphatic heterocycles. The van der Waals surface area contributed by atoms with Crippen LogP contribution >= 0.6 is 0 Å². The Balaban J connectivity index is 2.14. The Labute approximate surface area is 204 Å². The molecule has 0 aromatic heterocycles. The third-order valence-corrected chi connectivity index (χ3v) is 9.07. The largest absolute Gasteiger partial charge is 0.459 e. The third kappa shape index (κ3) is 4.47. The van der Waals surface area contributed by atoms with Gasteiger partial charge in [-0.05, 0) is 45.4 Å². The Kier molecular flexibility index (Phi) is 7.98. The van der Waals surface area contributed by atoms with Crippen molar-refractivity contribution in [3.63, 3.8) is 0 Å². The van der Waals surface area contributed by atoms with Gasteiger partial charge in [0.2, 0.25) is 6.41 Å². The average Bonchev–Trinajstić information content (AvgIpc) is 2.93. The van der Waals surface area contributed by atoms with Crippen LogP contribution in [0.2, 0.25) is 0 Å². The molecule has 0 saturated carbocycles. The second-order valence-electron chi connectivity index (χ2n) is 11.1. The van der Waals surface area contributed by atoms with Crippen molar-refractivity contribution in [3.8, 4) is 0 Å². The number of hydrogen-bond donors (Lipinski definition) is 1. The molecular weight excluding hydrogens is 436 g/mol. The molecular formula is C26H44N2O6. The molecule has 0 aliphatic carbocycles. The van der Waals surface area contributed by atoms with Gasteiger partial charge in [0, 0.05) is 31.2 Å². The van der Waals surface area contributed by atoms with Gasteiger partial charge in [-0.15, -0.1) is 0 Å². The predicted octanol–water partition coefficient (Wildman–Crippen LogP) is 3.06. The number of ether oxygens (including phenoxy) is 3. The Morgan fingerprint density at radius 1 is 1.15 bits per heavy atom. The second-order valence-corrected chi connectivity index (χ2v) is 11.1. The van der Waals surface area contributed by atoms with Gasteiger partial charge in [0.05, 0.1) is 18.2 Å². The molecule has 2 bridgehead atoms. The number of cyclic esters (lactones) is 1. The number of aliphatic hydroxyl groups excluding tert-OH is 1. The van der Waals surface area contributed by atoms with E-state index in [-0.39, 0.29) is 35.5 Å². The van der Waals surface area contributed by atoms with Crippen LogP contribution in [0.3, 0.4) is 0 Å². The molecule has 8 heteroatoms. The molecule has 2 fully saturated rings. The number of ketones is 1. The number of fused-ring (bicyclic) bond motifs is 1. The van der Waals surface area contributed by atoms with Crippen LogP contribution in [0, 0.1) is 29.6 Å². The zero-order valence-corrected chi connectivity index (χ0v) is 22.3. The van der Waals surface area contributed by atoms with Crippen molar-refractivity contribution < 1.29 is 28.9 Å². The predicted molar refractivity (Wildman–Crippen MR) is 129 cm³/mol. The van der Waals surface area contributed by atoms with E-state index in [0.717, 1.165) is 5.71 Å². The number of hydrogen-bond acceptors (Lipinski definition) is 8. The molecule has 194 valence electrons. The van der Waals surface area contributed by atoms with Crippen LogP contribution < -0.4 is 0 Å². The minimum Gasteiger partial charge on any atom is -0.459 e. The molecule has 34 heavy (non-hydrogen) atoms. The van der Waals surface area contributed by atoms with E-state index in [9.17, 15) is 14.7 Å². The van der Waals surface area contributed by atoms with Gasteiger partial charge in [-0.3, -0.25) is 14.6 Å². The molecule has 0 aromatic carbocycles. The molecule has 0 spiro atoms. The zero-order chi connectivity index (χ0) is 25.6. The summed E-state index contributed by atoms with van der Waals surface area (Å²) in [7, 11) is 1.69. The number of carbonyl (C=O) groups excluding carboxylic acids is 2. The van der Waals surface area contributed by atoms with Gasteiger partial charge >= 0.3 is 5.97 Å². The summed E-state index contributed by atoms with van der Waals surface area (Å²) in [5.74, 6) is -2.05. The lowest BCUT2D eigenvalue weighted by molar-refractivity contribution is -0.207. The fraction of sp³-hybridized carbons (Fsp3) is 0.885. The lowest BCUT2D eigenvalue weighted by atomic mass is 9.70. The summed E-state index contributed by atoms with van der Waals surface area (Å²) in [5, 5.41) is 10.8. The van der Waals surface area contributed by atoms with Crippen LogP contribution in [0.4, 0.5) is 0 Å². The van der Waals surface area contributed by atoms with Crippen LogP contribution in [-0.4, -0.2) is 77.4 Å². The number of nitrogens with zero attached hydrogens (tertiary/aromatic N) is 2. The highest BCUT2D eigenvalue weighted by molar-refractivity contribution is 6.00. The number of rotatable bonds is 2. The van der Waals surface area contributed by atoms with Crippen molar-refractivity contribution in [1.82, 2.24) is 4.90 Å². The minimum atomic E-state index is -1.10. The summed E-state index contributed by atoms with van der Waals surface area (Å²) in [5.41, 5.74) is -0.487. The van der Waals surface area contributed by atoms with E-state index < -0.39 is 35.6 Å². The van der Waals surface area contributed by atoms with E-state index in [2.05, 4.69) is 13.8 Å². The highest BCUT2D eigenvalue weighted by Crippen LogP contribution is 2.44. The lowest BCUT2D eigenvalue weighted by Crippen LogP contribution is -2.57. The molecule has 3 heterocycles. The van der Waals surface area contributed by atoms with Gasteiger partial charge in [-0.1, -0.05) is 34.6 Å². The lowest BCUT2D eigenvalue weighted by Gasteiger charge is -2.43. The van der Waals surface area contributed by atoms with E-state index >= 15 is 0 Å². The number of carbonyl (C=O) groups is 2. The summed E-state index contributed by atoms with van der Waals surface area (Å²) in [6.07, 6.45) is -0.525. The highest BCUT2D eigenvalue weighted by Gasteiger charge is 2.59. The highest BCUT2D eigenvalue weighted by atomic mass is 16.7. The Morgan fingerprint density at radius 3 is 2.38 bits per heavy atom. The summed E-state index contributed by atoms with van der Waals surface area (Å²) in [6.45, 7) is 16.8. The van der Waals surface area contributed by atoms with Crippen molar-refractivity contribution in [2.75, 3.05) is 20.2 Å². The maximum absolute atomic E-state index is 13.4. The monoisotopic (exact) mass is 480 g/mol. The molecule has 3 rings (SSSR count). The smallest absolute Gasteiger partial charge is 0.316 e. The fourth-order valence-corrected chi connectivity index (χ4v) is 6.64. The van der Waals surface area contributed by atoms with Gasteiger partial charge in [-0.25, -0.2) is 4.90 Å². The minimum absolute atomic E-state index is 0.0387. The van der Waals surface area contributed by atoms with Crippen molar-refractivity contribution in [2.24, 2.45) is 34.6 Å². The maximum atomic E-state index is 13.4. The van der Waals surface area contributed by atoms with E-state index in [0.29, 0.717) is 25.9 Å². The summed E-state index contributed by atoms with van der Waals surface area (Å²) < 4.78 is 18.2. The molecule has 0 radical (unpaired) electrons. The number of methoxy groups -OCH3 is 1. The van der Waals surface area contributed by atoms with Crippen LogP contribution in [0.5, 0.6) is 0 Å². The summed E-state index contributed by atoms with van der Waals surface area (Å²) in [6, 6.07) is -0.233. The molecule has 0 aromatic rings. The maximum Gasteiger partial charge on any atom is 0.316 e. The molecule has 1 unspecified atom stereocenters. The Morgan fingerprint density at radius 2 is 1.79 bits per heavy atom. The average molecular weight is 481 g/mol. The van der Waals surface area contributed by atoms with E-state index in [1.165, 1.54) is 0 Å². The van der Waals surface area contributed by atoms with Gasteiger partial charge in [0.1, 0.15) is 23.4 Å². The van der Waals surface area contributed by atoms with Gasteiger partial charge < -0.3 is 19.3 Å². The van der Waals surface area contributed by atoms with Crippen molar-refractivity contribution >= 4 is 17.5 Å². The fourth-order valence-electron chi connectivity index (χ4n) is 6.64. The van der Waals surface area contributed by atoms with Crippen LogP contribution in [-0.2, 0) is 23.8 Å². The molecule has 8 nitrogen and oxygen atoms in total.